The van der Waals surface area contributed by atoms with Crippen molar-refractivity contribution in [2.45, 2.75) is 18.9 Å². The molecule has 1 aliphatic heterocycles. The van der Waals surface area contributed by atoms with E-state index in [1.165, 1.54) is 12.1 Å². The minimum absolute atomic E-state index is 0.0883. The molecule has 0 spiro atoms. The fraction of sp³-hybridized carbons (Fsp3) is 0.294. The molecule has 1 unspecified atom stereocenters. The Hall–Kier alpha value is -2.07. The van der Waals surface area contributed by atoms with Crippen molar-refractivity contribution in [3.05, 3.63) is 59.4 Å². The van der Waals surface area contributed by atoms with E-state index in [1.54, 1.807) is 6.07 Å². The summed E-state index contributed by atoms with van der Waals surface area (Å²) < 4.78 is 24.7. The van der Waals surface area contributed by atoms with Crippen LogP contribution in [0.5, 0.6) is 11.5 Å². The average Bonchev–Trinajstić information content (AvgIpc) is 2.88. The van der Waals surface area contributed by atoms with Gasteiger partial charge in [-0.05, 0) is 36.2 Å². The summed E-state index contributed by atoms with van der Waals surface area (Å²) in [6.07, 6.45) is 1.10. The van der Waals surface area contributed by atoms with E-state index >= 15 is 0 Å². The summed E-state index contributed by atoms with van der Waals surface area (Å²) in [5.41, 5.74) is 1.86. The first-order chi connectivity index (χ1) is 10.3. The number of aliphatic hydroxyl groups excluding tert-OH is 1. The summed E-state index contributed by atoms with van der Waals surface area (Å²) in [5, 5.41) is 9.05. The topological polar surface area (TPSA) is 38.7 Å². The largest absolute Gasteiger partial charge is 0.489 e. The summed E-state index contributed by atoms with van der Waals surface area (Å²) in [6.45, 7) is 0.490. The summed E-state index contributed by atoms with van der Waals surface area (Å²) in [7, 11) is 0. The van der Waals surface area contributed by atoms with Crippen LogP contribution in [0.4, 0.5) is 4.39 Å². The van der Waals surface area contributed by atoms with Gasteiger partial charge in [0.25, 0.3) is 0 Å². The van der Waals surface area contributed by atoms with Crippen molar-refractivity contribution in [3.8, 4) is 11.5 Å². The van der Waals surface area contributed by atoms with Crippen LogP contribution >= 0.6 is 0 Å². The van der Waals surface area contributed by atoms with E-state index in [2.05, 4.69) is 0 Å². The van der Waals surface area contributed by atoms with Crippen molar-refractivity contribution in [3.63, 3.8) is 0 Å². The van der Waals surface area contributed by atoms with Crippen LogP contribution in [0.2, 0.25) is 0 Å². The Bertz CT molecular complexity index is 627. The van der Waals surface area contributed by atoms with Crippen LogP contribution < -0.4 is 9.47 Å². The summed E-state index contributed by atoms with van der Waals surface area (Å²) >= 11 is 0. The van der Waals surface area contributed by atoms with Gasteiger partial charge in [-0.25, -0.2) is 4.39 Å². The first kappa shape index (κ1) is 13.9. The Balaban J connectivity index is 1.62. The number of aliphatic hydroxyl groups is 1. The molecule has 0 aliphatic carbocycles. The molecule has 0 fully saturated rings. The maximum Gasteiger partial charge on any atom is 0.137 e. The fourth-order valence-electron chi connectivity index (χ4n) is 2.54. The average molecular weight is 288 g/mol. The second-order valence-corrected chi connectivity index (χ2v) is 5.09. The van der Waals surface area contributed by atoms with E-state index in [9.17, 15) is 4.39 Å². The molecule has 1 N–H and O–H groups in total. The molecule has 3 nitrogen and oxygen atoms in total. The molecule has 0 saturated heterocycles. The van der Waals surface area contributed by atoms with Gasteiger partial charge in [0.2, 0.25) is 0 Å². The van der Waals surface area contributed by atoms with Crippen molar-refractivity contribution >= 4 is 0 Å². The van der Waals surface area contributed by atoms with Crippen LogP contribution in [0.1, 0.15) is 11.1 Å². The molecule has 0 saturated carbocycles. The number of para-hydroxylation sites is 1. The van der Waals surface area contributed by atoms with Crippen LogP contribution in [0.3, 0.4) is 0 Å². The lowest BCUT2D eigenvalue weighted by atomic mass is 10.1. The highest BCUT2D eigenvalue weighted by Gasteiger charge is 2.24. The van der Waals surface area contributed by atoms with E-state index in [-0.39, 0.29) is 18.5 Å². The molecule has 1 aliphatic rings. The quantitative estimate of drug-likeness (QED) is 0.919. The van der Waals surface area contributed by atoms with Gasteiger partial charge in [0, 0.05) is 18.6 Å². The van der Waals surface area contributed by atoms with Gasteiger partial charge >= 0.3 is 0 Å². The van der Waals surface area contributed by atoms with E-state index in [0.717, 1.165) is 22.6 Å². The second-order valence-electron chi connectivity index (χ2n) is 5.09. The van der Waals surface area contributed by atoms with Crippen LogP contribution in [-0.2, 0) is 12.8 Å². The third-order valence-electron chi connectivity index (χ3n) is 3.54. The Labute approximate surface area is 122 Å². The van der Waals surface area contributed by atoms with Gasteiger partial charge < -0.3 is 14.6 Å². The molecule has 1 atom stereocenters. The highest BCUT2D eigenvalue weighted by molar-refractivity contribution is 5.38. The highest BCUT2D eigenvalue weighted by Crippen LogP contribution is 2.30. The van der Waals surface area contributed by atoms with E-state index in [1.807, 2.05) is 24.3 Å². The zero-order valence-electron chi connectivity index (χ0n) is 11.6. The number of ether oxygens (including phenoxy) is 2. The molecule has 110 valence electrons. The standard InChI is InChI=1S/C17H17FO3/c18-14-5-6-17-13(9-14)10-15(21-17)11-20-16-4-2-1-3-12(16)7-8-19/h1-6,9,15,19H,7-8,10-11H2. The number of benzene rings is 2. The van der Waals surface area contributed by atoms with Crippen LogP contribution in [0.15, 0.2) is 42.5 Å². The lowest BCUT2D eigenvalue weighted by Crippen LogP contribution is -2.22. The maximum atomic E-state index is 13.2. The molecular formula is C17H17FO3. The number of hydrogen-bond donors (Lipinski definition) is 1. The molecule has 4 heteroatoms. The lowest BCUT2D eigenvalue weighted by Gasteiger charge is -2.14. The Morgan fingerprint density at radius 2 is 2.10 bits per heavy atom. The van der Waals surface area contributed by atoms with Gasteiger partial charge in [0.05, 0.1) is 0 Å². The SMILES string of the molecule is OCCc1ccccc1OCC1Cc2cc(F)ccc2O1. The molecule has 2 aromatic carbocycles. The molecule has 0 amide bonds. The first-order valence-corrected chi connectivity index (χ1v) is 7.03. The fourth-order valence-corrected chi connectivity index (χ4v) is 2.54. The van der Waals surface area contributed by atoms with Gasteiger partial charge in [-0.15, -0.1) is 0 Å². The molecule has 2 aromatic rings. The van der Waals surface area contributed by atoms with Gasteiger partial charge in [0.15, 0.2) is 0 Å². The van der Waals surface area contributed by atoms with Gasteiger partial charge in [-0.2, -0.15) is 0 Å². The summed E-state index contributed by atoms with van der Waals surface area (Å²) in [4.78, 5) is 0. The van der Waals surface area contributed by atoms with E-state index in [4.69, 9.17) is 14.6 Å². The number of hydrogen-bond acceptors (Lipinski definition) is 3. The second kappa shape index (κ2) is 6.14. The predicted molar refractivity (Wildman–Crippen MR) is 77.2 cm³/mol. The van der Waals surface area contributed by atoms with Gasteiger partial charge in [-0.3, -0.25) is 0 Å². The third-order valence-corrected chi connectivity index (χ3v) is 3.54. The van der Waals surface area contributed by atoms with Crippen LogP contribution in [0, 0.1) is 5.82 Å². The zero-order chi connectivity index (χ0) is 14.7. The van der Waals surface area contributed by atoms with Gasteiger partial charge in [-0.1, -0.05) is 18.2 Å². The predicted octanol–water partition coefficient (Wildman–Crippen LogP) is 2.74. The normalized spacial score (nSPS) is 16.4. The summed E-state index contributed by atoms with van der Waals surface area (Å²) in [6, 6.07) is 12.2. The Morgan fingerprint density at radius 3 is 2.95 bits per heavy atom. The number of fused-ring (bicyclic) bond motifs is 1. The Kier molecular flexibility index (Phi) is 4.06. The van der Waals surface area contributed by atoms with Gasteiger partial charge in [0.1, 0.15) is 30.0 Å². The van der Waals surface area contributed by atoms with E-state index < -0.39 is 0 Å². The van der Waals surface area contributed by atoms with E-state index in [0.29, 0.717) is 19.4 Å². The number of rotatable bonds is 5. The number of halogens is 1. The highest BCUT2D eigenvalue weighted by atomic mass is 19.1. The minimum atomic E-state index is -0.243. The van der Waals surface area contributed by atoms with Crippen molar-refractivity contribution in [1.29, 1.82) is 0 Å². The monoisotopic (exact) mass is 288 g/mol. The molecule has 1 heterocycles. The lowest BCUT2D eigenvalue weighted by molar-refractivity contribution is 0.147. The zero-order valence-corrected chi connectivity index (χ0v) is 11.6. The van der Waals surface area contributed by atoms with Crippen LogP contribution in [-0.4, -0.2) is 24.4 Å². The smallest absolute Gasteiger partial charge is 0.137 e. The molecule has 0 radical (unpaired) electrons. The minimum Gasteiger partial charge on any atom is -0.489 e. The molecule has 0 aromatic heterocycles. The van der Waals surface area contributed by atoms with Crippen molar-refractivity contribution in [2.75, 3.05) is 13.2 Å². The molecule has 0 bridgehead atoms. The van der Waals surface area contributed by atoms with Crippen molar-refractivity contribution < 1.29 is 19.0 Å². The first-order valence-electron chi connectivity index (χ1n) is 7.03. The van der Waals surface area contributed by atoms with Crippen LogP contribution in [0.25, 0.3) is 0 Å². The Morgan fingerprint density at radius 1 is 1.24 bits per heavy atom. The van der Waals surface area contributed by atoms with Crippen molar-refractivity contribution in [2.24, 2.45) is 0 Å². The van der Waals surface area contributed by atoms with Crippen molar-refractivity contribution in [1.82, 2.24) is 0 Å². The maximum absolute atomic E-state index is 13.2. The molecule has 21 heavy (non-hydrogen) atoms. The molecule has 3 rings (SSSR count). The summed E-state index contributed by atoms with van der Waals surface area (Å²) in [5.74, 6) is 1.25. The third kappa shape index (κ3) is 3.16. The molecular weight excluding hydrogens is 271 g/mol.